The van der Waals surface area contributed by atoms with Crippen molar-refractivity contribution in [1.29, 1.82) is 0 Å². The number of aromatic nitrogens is 2. The van der Waals surface area contributed by atoms with Gasteiger partial charge in [0.2, 0.25) is 5.95 Å². The number of amides is 2. The van der Waals surface area contributed by atoms with Crippen LogP contribution in [0.25, 0.3) is 0 Å². The monoisotopic (exact) mass is 459 g/mol. The van der Waals surface area contributed by atoms with Crippen LogP contribution in [-0.2, 0) is 6.54 Å². The molecule has 0 saturated heterocycles. The minimum Gasteiger partial charge on any atom is -0.388 e. The number of aliphatic hydroxyl groups is 1. The number of anilines is 3. The molecule has 0 unspecified atom stereocenters. The molecule has 3 N–H and O–H groups in total. The first-order valence-electron chi connectivity index (χ1n) is 10.1. The van der Waals surface area contributed by atoms with Crippen molar-refractivity contribution in [3.63, 3.8) is 0 Å². The third kappa shape index (κ3) is 6.42. The van der Waals surface area contributed by atoms with E-state index in [0.29, 0.717) is 5.56 Å². The van der Waals surface area contributed by atoms with Gasteiger partial charge in [-0.15, -0.1) is 0 Å². The first-order valence-corrected chi connectivity index (χ1v) is 10.1. The molecule has 33 heavy (non-hydrogen) atoms. The summed E-state index contributed by atoms with van der Waals surface area (Å²) in [5.41, 5.74) is -0.837. The highest BCUT2D eigenvalue weighted by atomic mass is 19.1. The number of halogens is 3. The average molecular weight is 459 g/mol. The zero-order valence-electron chi connectivity index (χ0n) is 18.3. The fourth-order valence-electron chi connectivity index (χ4n) is 2.74. The topological polar surface area (TPSA) is 90.4 Å². The van der Waals surface area contributed by atoms with Gasteiger partial charge in [-0.3, -0.25) is 4.90 Å². The van der Waals surface area contributed by atoms with Crippen LogP contribution in [0, 0.1) is 17.5 Å². The Morgan fingerprint density at radius 1 is 1.09 bits per heavy atom. The van der Waals surface area contributed by atoms with E-state index in [4.69, 9.17) is 0 Å². The molecule has 1 atom stereocenters. The van der Waals surface area contributed by atoms with Crippen LogP contribution < -0.4 is 15.5 Å². The van der Waals surface area contributed by atoms with Crippen molar-refractivity contribution in [1.82, 2.24) is 9.97 Å². The summed E-state index contributed by atoms with van der Waals surface area (Å²) in [6.07, 6.45) is 1.41. The molecule has 0 saturated carbocycles. The molecule has 2 aromatic carbocycles. The smallest absolute Gasteiger partial charge is 0.327 e. The molecule has 3 rings (SSSR count). The van der Waals surface area contributed by atoms with Crippen molar-refractivity contribution in [2.45, 2.75) is 39.0 Å². The van der Waals surface area contributed by atoms with Crippen LogP contribution in [0.15, 0.2) is 54.7 Å². The normalized spacial score (nSPS) is 12.2. The molecule has 2 amide bonds. The zero-order chi connectivity index (χ0) is 24.2. The fraction of sp³-hybridized carbons (Fsp3) is 0.261. The number of rotatable bonds is 7. The predicted octanol–water partition coefficient (Wildman–Crippen LogP) is 4.70. The van der Waals surface area contributed by atoms with E-state index in [1.54, 1.807) is 20.8 Å². The van der Waals surface area contributed by atoms with E-state index in [1.165, 1.54) is 41.4 Å². The lowest BCUT2D eigenvalue weighted by Crippen LogP contribution is -2.40. The summed E-state index contributed by atoms with van der Waals surface area (Å²) in [5, 5.41) is 15.5. The molecular formula is C23H24F3N5O2. The van der Waals surface area contributed by atoms with Crippen LogP contribution in [-0.4, -0.2) is 32.7 Å². The van der Waals surface area contributed by atoms with Crippen molar-refractivity contribution in [3.05, 3.63) is 77.7 Å². The Bertz CT molecular complexity index is 1120. The van der Waals surface area contributed by atoms with Crippen LogP contribution in [0.2, 0.25) is 0 Å². The second kappa shape index (κ2) is 9.86. The highest BCUT2D eigenvalue weighted by Crippen LogP contribution is 2.21. The number of benzene rings is 2. The second-order valence-electron chi connectivity index (χ2n) is 8.03. The summed E-state index contributed by atoms with van der Waals surface area (Å²) in [6.45, 7) is 4.94. The van der Waals surface area contributed by atoms with Gasteiger partial charge in [-0.05, 0) is 56.7 Å². The third-order valence-corrected chi connectivity index (χ3v) is 4.99. The summed E-state index contributed by atoms with van der Waals surface area (Å²) in [7, 11) is 0. The van der Waals surface area contributed by atoms with E-state index >= 15 is 0 Å². The number of nitrogens with one attached hydrogen (secondary N) is 2. The molecule has 0 aliphatic carbocycles. The Labute approximate surface area is 189 Å². The van der Waals surface area contributed by atoms with Gasteiger partial charge in [-0.2, -0.15) is 4.98 Å². The maximum atomic E-state index is 14.1. The van der Waals surface area contributed by atoms with Gasteiger partial charge in [-0.25, -0.2) is 22.9 Å². The molecule has 174 valence electrons. The Morgan fingerprint density at radius 2 is 1.76 bits per heavy atom. The molecule has 10 heteroatoms. The first kappa shape index (κ1) is 24.0. The molecule has 3 aromatic rings. The van der Waals surface area contributed by atoms with Crippen molar-refractivity contribution in [2.75, 3.05) is 15.5 Å². The lowest BCUT2D eigenvalue weighted by atomic mass is 10.0. The summed E-state index contributed by atoms with van der Waals surface area (Å²) in [6, 6.07) is 8.44. The summed E-state index contributed by atoms with van der Waals surface area (Å²) in [4.78, 5) is 22.7. The van der Waals surface area contributed by atoms with Gasteiger partial charge >= 0.3 is 6.03 Å². The lowest BCUT2D eigenvalue weighted by Gasteiger charge is -2.27. The lowest BCUT2D eigenvalue weighted by molar-refractivity contribution is 0.0646. The van der Waals surface area contributed by atoms with Crippen LogP contribution >= 0.6 is 0 Å². The maximum absolute atomic E-state index is 14.1. The van der Waals surface area contributed by atoms with Gasteiger partial charge in [0, 0.05) is 12.3 Å². The Kier molecular flexibility index (Phi) is 7.17. The second-order valence-corrected chi connectivity index (χ2v) is 8.03. The molecular weight excluding hydrogens is 435 g/mol. The van der Waals surface area contributed by atoms with Crippen molar-refractivity contribution in [2.24, 2.45) is 0 Å². The third-order valence-electron chi connectivity index (χ3n) is 4.99. The quantitative estimate of drug-likeness (QED) is 0.476. The summed E-state index contributed by atoms with van der Waals surface area (Å²) >= 11 is 0. The average Bonchev–Trinajstić information content (AvgIpc) is 2.75. The van der Waals surface area contributed by atoms with E-state index in [9.17, 15) is 23.1 Å². The highest BCUT2D eigenvalue weighted by molar-refractivity contribution is 6.01. The highest BCUT2D eigenvalue weighted by Gasteiger charge is 2.24. The standard InChI is InChI=1S/C23H24F3N5O2/c1-14(23(2,3)33)28-21-27-11-10-20(30-21)31(13-15-4-6-16(24)7-5-15)22(32)29-19-12-17(25)8-9-18(19)26/h4-12,14,33H,13H2,1-3H3,(H,29,32)(H,27,28,30)/t14-/m0/s1. The summed E-state index contributed by atoms with van der Waals surface area (Å²) < 4.78 is 41.0. The number of carbonyl (C=O) groups excluding carboxylic acids is 1. The van der Waals surface area contributed by atoms with Gasteiger partial charge in [0.25, 0.3) is 0 Å². The van der Waals surface area contributed by atoms with Gasteiger partial charge in [-0.1, -0.05) is 12.1 Å². The molecule has 0 spiro atoms. The molecule has 0 radical (unpaired) electrons. The van der Waals surface area contributed by atoms with Gasteiger partial charge in [0.05, 0.1) is 23.9 Å². The zero-order valence-corrected chi connectivity index (χ0v) is 18.3. The number of nitrogens with zero attached hydrogens (tertiary/aromatic N) is 3. The SMILES string of the molecule is C[C@H](Nc1nccc(N(Cc2ccc(F)cc2)C(=O)Nc2cc(F)ccc2F)n1)C(C)(C)O. The van der Waals surface area contributed by atoms with E-state index in [0.717, 1.165) is 18.2 Å². The molecule has 1 aromatic heterocycles. The Morgan fingerprint density at radius 3 is 2.42 bits per heavy atom. The van der Waals surface area contributed by atoms with Gasteiger partial charge < -0.3 is 15.7 Å². The largest absolute Gasteiger partial charge is 0.388 e. The molecule has 1 heterocycles. The molecule has 0 aliphatic rings. The predicted molar refractivity (Wildman–Crippen MR) is 119 cm³/mol. The van der Waals surface area contributed by atoms with Gasteiger partial charge in [0.15, 0.2) is 0 Å². The van der Waals surface area contributed by atoms with Crippen molar-refractivity contribution >= 4 is 23.5 Å². The Balaban J connectivity index is 1.93. The molecule has 7 nitrogen and oxygen atoms in total. The molecule has 0 bridgehead atoms. The number of hydrogen-bond donors (Lipinski definition) is 3. The van der Waals surface area contributed by atoms with E-state index in [2.05, 4.69) is 20.6 Å². The molecule has 0 aliphatic heterocycles. The minimum absolute atomic E-state index is 0.0411. The van der Waals surface area contributed by atoms with Crippen LogP contribution in [0.3, 0.4) is 0 Å². The van der Waals surface area contributed by atoms with Crippen molar-refractivity contribution < 1.29 is 23.1 Å². The van der Waals surface area contributed by atoms with Gasteiger partial charge in [0.1, 0.15) is 23.3 Å². The summed E-state index contributed by atoms with van der Waals surface area (Å²) in [5.74, 6) is -1.67. The van der Waals surface area contributed by atoms with Crippen LogP contribution in [0.1, 0.15) is 26.3 Å². The Hall–Kier alpha value is -3.66. The first-order chi connectivity index (χ1) is 15.5. The number of hydrogen-bond acceptors (Lipinski definition) is 5. The van der Waals surface area contributed by atoms with Crippen LogP contribution in [0.4, 0.5) is 35.4 Å². The minimum atomic E-state index is -1.07. The van der Waals surface area contributed by atoms with Crippen molar-refractivity contribution in [3.8, 4) is 0 Å². The van der Waals surface area contributed by atoms with E-state index in [-0.39, 0.29) is 24.0 Å². The van der Waals surface area contributed by atoms with E-state index < -0.39 is 35.1 Å². The number of carbonyl (C=O) groups is 1. The molecule has 0 fully saturated rings. The van der Waals surface area contributed by atoms with Crippen LogP contribution in [0.5, 0.6) is 0 Å². The fourth-order valence-corrected chi connectivity index (χ4v) is 2.74. The van der Waals surface area contributed by atoms with E-state index in [1.807, 2.05) is 0 Å². The number of urea groups is 1. The maximum Gasteiger partial charge on any atom is 0.327 e.